The average Bonchev–Trinajstić information content (AvgIpc) is 3.08. The van der Waals surface area contributed by atoms with E-state index >= 15 is 0 Å². The van der Waals surface area contributed by atoms with Gasteiger partial charge in [-0.3, -0.25) is 9.79 Å². The summed E-state index contributed by atoms with van der Waals surface area (Å²) in [7, 11) is 0. The van der Waals surface area contributed by atoms with Crippen molar-refractivity contribution in [2.75, 3.05) is 26.2 Å². The van der Waals surface area contributed by atoms with Gasteiger partial charge in [-0.1, -0.05) is 37.6 Å². The van der Waals surface area contributed by atoms with Crippen molar-refractivity contribution >= 4 is 47.4 Å². The highest BCUT2D eigenvalue weighted by molar-refractivity contribution is 14.0. The number of benzene rings is 1. The van der Waals surface area contributed by atoms with Crippen LogP contribution in [0.4, 0.5) is 0 Å². The second-order valence-electron chi connectivity index (χ2n) is 7.06. The normalized spacial score (nSPS) is 17.0. The van der Waals surface area contributed by atoms with Gasteiger partial charge in [0, 0.05) is 43.2 Å². The zero-order valence-electron chi connectivity index (χ0n) is 16.5. The summed E-state index contributed by atoms with van der Waals surface area (Å²) in [6.07, 6.45) is 2.94. The number of aliphatic imine (C=N–C) groups is 1. The molecular weight excluding hydrogens is 475 g/mol. The number of guanidine groups is 1. The summed E-state index contributed by atoms with van der Waals surface area (Å²) in [4.78, 5) is 18.7. The molecule has 0 spiro atoms. The summed E-state index contributed by atoms with van der Waals surface area (Å²) in [5, 5.41) is 7.55. The van der Waals surface area contributed by atoms with Gasteiger partial charge in [-0.2, -0.15) is 0 Å². The SMILES string of the molecule is CCNC(=NCCCc1ccc(Cl)cc1)NC1CCN(C(=O)C(C)C)C1.I. The number of likely N-dealkylation sites (tertiary alicyclic amines) is 1. The number of hydrogen-bond donors (Lipinski definition) is 2. The molecule has 0 bridgehead atoms. The molecule has 27 heavy (non-hydrogen) atoms. The molecule has 2 rings (SSSR count). The lowest BCUT2D eigenvalue weighted by Crippen LogP contribution is -2.45. The molecule has 2 N–H and O–H groups in total. The molecule has 1 amide bonds. The summed E-state index contributed by atoms with van der Waals surface area (Å²) in [5.74, 6) is 1.13. The fraction of sp³-hybridized carbons (Fsp3) is 0.600. The Labute approximate surface area is 185 Å². The Balaban J connectivity index is 0.00000364. The van der Waals surface area contributed by atoms with Crippen LogP contribution in [-0.2, 0) is 11.2 Å². The summed E-state index contributed by atoms with van der Waals surface area (Å²) < 4.78 is 0. The Bertz CT molecular complexity index is 607. The number of amides is 1. The third kappa shape index (κ3) is 8.25. The van der Waals surface area contributed by atoms with Crippen LogP contribution >= 0.6 is 35.6 Å². The van der Waals surface area contributed by atoms with Crippen molar-refractivity contribution in [3.8, 4) is 0 Å². The number of nitrogens with zero attached hydrogens (tertiary/aromatic N) is 2. The van der Waals surface area contributed by atoms with Crippen LogP contribution in [0.15, 0.2) is 29.3 Å². The molecule has 1 aliphatic heterocycles. The standard InChI is InChI=1S/C20H31ClN4O.HI/c1-4-22-20(23-12-5-6-16-7-9-17(21)10-8-16)24-18-11-13-25(14-18)19(26)15(2)3;/h7-10,15,18H,4-6,11-14H2,1-3H3,(H2,22,23,24);1H. The number of carbonyl (C=O) groups excluding carboxylic acids is 1. The van der Waals surface area contributed by atoms with Gasteiger partial charge in [0.25, 0.3) is 0 Å². The molecule has 1 aliphatic rings. The Morgan fingerprint density at radius 3 is 2.67 bits per heavy atom. The first-order chi connectivity index (χ1) is 12.5. The zero-order chi connectivity index (χ0) is 18.9. The number of aryl methyl sites for hydroxylation is 1. The molecule has 0 radical (unpaired) electrons. The van der Waals surface area contributed by atoms with E-state index in [-0.39, 0.29) is 41.8 Å². The van der Waals surface area contributed by atoms with Gasteiger partial charge < -0.3 is 15.5 Å². The molecule has 1 unspecified atom stereocenters. The van der Waals surface area contributed by atoms with Gasteiger partial charge in [-0.25, -0.2) is 0 Å². The minimum atomic E-state index is 0. The predicted molar refractivity (Wildman–Crippen MR) is 124 cm³/mol. The van der Waals surface area contributed by atoms with Crippen molar-refractivity contribution in [2.24, 2.45) is 10.9 Å². The van der Waals surface area contributed by atoms with Crippen LogP contribution in [0.5, 0.6) is 0 Å². The highest BCUT2D eigenvalue weighted by atomic mass is 127. The Hall–Kier alpha value is -1.02. The van der Waals surface area contributed by atoms with E-state index in [9.17, 15) is 4.79 Å². The lowest BCUT2D eigenvalue weighted by atomic mass is 10.1. The number of hydrogen-bond acceptors (Lipinski definition) is 2. The van der Waals surface area contributed by atoms with Crippen LogP contribution in [-0.4, -0.2) is 49.0 Å². The first-order valence-electron chi connectivity index (χ1n) is 9.57. The molecule has 152 valence electrons. The molecule has 1 aromatic carbocycles. The van der Waals surface area contributed by atoms with Gasteiger partial charge in [0.15, 0.2) is 5.96 Å². The molecule has 1 heterocycles. The summed E-state index contributed by atoms with van der Waals surface area (Å²) in [6.45, 7) is 9.14. The van der Waals surface area contributed by atoms with Crippen LogP contribution in [0.1, 0.15) is 39.2 Å². The fourth-order valence-corrected chi connectivity index (χ4v) is 3.21. The number of nitrogens with one attached hydrogen (secondary N) is 2. The van der Waals surface area contributed by atoms with Crippen LogP contribution in [0, 0.1) is 5.92 Å². The Morgan fingerprint density at radius 1 is 1.33 bits per heavy atom. The van der Waals surface area contributed by atoms with E-state index in [1.54, 1.807) is 0 Å². The van der Waals surface area contributed by atoms with Crippen molar-refractivity contribution in [1.82, 2.24) is 15.5 Å². The van der Waals surface area contributed by atoms with Crippen molar-refractivity contribution in [2.45, 2.75) is 46.1 Å². The van der Waals surface area contributed by atoms with Crippen molar-refractivity contribution in [1.29, 1.82) is 0 Å². The Kier molecular flexibility index (Phi) is 11.1. The summed E-state index contributed by atoms with van der Waals surface area (Å²) in [6, 6.07) is 8.25. The molecule has 0 saturated carbocycles. The van der Waals surface area contributed by atoms with E-state index in [1.807, 2.05) is 30.9 Å². The number of carbonyl (C=O) groups is 1. The molecule has 0 aromatic heterocycles. The number of halogens is 2. The van der Waals surface area contributed by atoms with E-state index in [2.05, 4.69) is 34.7 Å². The number of rotatable bonds is 7. The molecule has 7 heteroatoms. The first-order valence-corrected chi connectivity index (χ1v) is 9.95. The van der Waals surface area contributed by atoms with E-state index in [4.69, 9.17) is 11.6 Å². The lowest BCUT2D eigenvalue weighted by Gasteiger charge is -2.20. The monoisotopic (exact) mass is 506 g/mol. The lowest BCUT2D eigenvalue weighted by molar-refractivity contribution is -0.133. The Morgan fingerprint density at radius 2 is 2.04 bits per heavy atom. The van der Waals surface area contributed by atoms with E-state index in [0.29, 0.717) is 0 Å². The fourth-order valence-electron chi connectivity index (χ4n) is 3.08. The minimum Gasteiger partial charge on any atom is -0.357 e. The minimum absolute atomic E-state index is 0. The summed E-state index contributed by atoms with van der Waals surface area (Å²) in [5.41, 5.74) is 1.28. The van der Waals surface area contributed by atoms with Crippen molar-refractivity contribution < 1.29 is 4.79 Å². The molecule has 1 aromatic rings. The maximum atomic E-state index is 12.1. The highest BCUT2D eigenvalue weighted by Crippen LogP contribution is 2.13. The molecule has 5 nitrogen and oxygen atoms in total. The van der Waals surface area contributed by atoms with E-state index in [1.165, 1.54) is 5.56 Å². The molecule has 0 aliphatic carbocycles. The molecule has 1 atom stereocenters. The quantitative estimate of drug-likeness (QED) is 0.257. The van der Waals surface area contributed by atoms with Gasteiger partial charge in [0.2, 0.25) is 5.91 Å². The third-order valence-corrected chi connectivity index (χ3v) is 4.74. The third-order valence-electron chi connectivity index (χ3n) is 4.49. The van der Waals surface area contributed by atoms with Crippen LogP contribution in [0.2, 0.25) is 5.02 Å². The highest BCUT2D eigenvalue weighted by Gasteiger charge is 2.27. The van der Waals surface area contributed by atoms with Gasteiger partial charge in [-0.15, -0.1) is 24.0 Å². The van der Waals surface area contributed by atoms with Gasteiger partial charge >= 0.3 is 0 Å². The van der Waals surface area contributed by atoms with Gasteiger partial charge in [0.1, 0.15) is 0 Å². The largest absolute Gasteiger partial charge is 0.357 e. The second kappa shape index (κ2) is 12.4. The predicted octanol–water partition coefficient (Wildman–Crippen LogP) is 3.70. The van der Waals surface area contributed by atoms with E-state index in [0.717, 1.165) is 56.4 Å². The average molecular weight is 507 g/mol. The van der Waals surface area contributed by atoms with Gasteiger partial charge in [0.05, 0.1) is 0 Å². The molecular formula is C20H32ClIN4O. The molecule has 1 saturated heterocycles. The topological polar surface area (TPSA) is 56.7 Å². The second-order valence-corrected chi connectivity index (χ2v) is 7.50. The molecule has 1 fully saturated rings. The maximum absolute atomic E-state index is 12.1. The van der Waals surface area contributed by atoms with Crippen LogP contribution < -0.4 is 10.6 Å². The van der Waals surface area contributed by atoms with E-state index < -0.39 is 0 Å². The van der Waals surface area contributed by atoms with Crippen molar-refractivity contribution in [3.63, 3.8) is 0 Å². The maximum Gasteiger partial charge on any atom is 0.225 e. The van der Waals surface area contributed by atoms with Crippen LogP contribution in [0.3, 0.4) is 0 Å². The van der Waals surface area contributed by atoms with Crippen LogP contribution in [0.25, 0.3) is 0 Å². The zero-order valence-corrected chi connectivity index (χ0v) is 19.6. The van der Waals surface area contributed by atoms with Crippen molar-refractivity contribution in [3.05, 3.63) is 34.9 Å². The smallest absolute Gasteiger partial charge is 0.225 e. The first kappa shape index (κ1) is 24.0. The van der Waals surface area contributed by atoms with Gasteiger partial charge in [-0.05, 0) is 43.9 Å². The summed E-state index contributed by atoms with van der Waals surface area (Å²) >= 11 is 5.91.